The molecule has 0 bridgehead atoms. The lowest BCUT2D eigenvalue weighted by molar-refractivity contribution is -0.118. The van der Waals surface area contributed by atoms with Gasteiger partial charge in [0, 0.05) is 17.4 Å². The zero-order valence-electron chi connectivity index (χ0n) is 10.4. The van der Waals surface area contributed by atoms with E-state index in [1.54, 1.807) is 24.3 Å². The molecule has 2 aromatic carbocycles. The molecular formula is C14H12BrFN2O2. The van der Waals surface area contributed by atoms with Gasteiger partial charge in [0.05, 0.1) is 4.47 Å². The van der Waals surface area contributed by atoms with Crippen molar-refractivity contribution in [2.75, 3.05) is 17.7 Å². The van der Waals surface area contributed by atoms with Gasteiger partial charge in [-0.15, -0.1) is 0 Å². The van der Waals surface area contributed by atoms with Gasteiger partial charge >= 0.3 is 0 Å². The van der Waals surface area contributed by atoms with E-state index >= 15 is 0 Å². The second-order valence-corrected chi connectivity index (χ2v) is 4.89. The van der Waals surface area contributed by atoms with Gasteiger partial charge in [0.25, 0.3) is 5.91 Å². The summed E-state index contributed by atoms with van der Waals surface area (Å²) >= 11 is 3.30. The van der Waals surface area contributed by atoms with Crippen LogP contribution in [0.2, 0.25) is 0 Å². The molecule has 0 spiro atoms. The number of carbonyl (C=O) groups excluding carboxylic acids is 1. The fraction of sp³-hybridized carbons (Fsp3) is 0.0714. The van der Waals surface area contributed by atoms with Crippen LogP contribution in [0.25, 0.3) is 0 Å². The van der Waals surface area contributed by atoms with Gasteiger partial charge in [-0.3, -0.25) is 4.79 Å². The second-order valence-electron chi connectivity index (χ2n) is 4.04. The van der Waals surface area contributed by atoms with Crippen LogP contribution in [0, 0.1) is 5.82 Å². The molecule has 0 aliphatic rings. The molecule has 0 saturated heterocycles. The Kier molecular flexibility index (Phi) is 4.57. The first-order valence-corrected chi connectivity index (χ1v) is 6.57. The summed E-state index contributed by atoms with van der Waals surface area (Å²) < 4.78 is 19.0. The van der Waals surface area contributed by atoms with Gasteiger partial charge in [0.1, 0.15) is 11.6 Å². The number of nitrogens with one attached hydrogen (secondary N) is 1. The summed E-state index contributed by atoms with van der Waals surface area (Å²) in [6.07, 6.45) is 0. The maximum Gasteiger partial charge on any atom is 0.262 e. The largest absolute Gasteiger partial charge is 0.483 e. The molecule has 20 heavy (non-hydrogen) atoms. The minimum absolute atomic E-state index is 0.196. The Bertz CT molecular complexity index is 634. The van der Waals surface area contributed by atoms with Crippen molar-refractivity contribution in [1.82, 2.24) is 0 Å². The highest BCUT2D eigenvalue weighted by Crippen LogP contribution is 2.26. The van der Waals surface area contributed by atoms with Gasteiger partial charge in [0.15, 0.2) is 6.61 Å². The van der Waals surface area contributed by atoms with E-state index in [9.17, 15) is 9.18 Å². The first-order valence-electron chi connectivity index (χ1n) is 5.78. The number of halogens is 2. The number of ether oxygens (including phenoxy) is 1. The van der Waals surface area contributed by atoms with Crippen molar-refractivity contribution in [2.45, 2.75) is 0 Å². The Balaban J connectivity index is 1.94. The van der Waals surface area contributed by atoms with Crippen molar-refractivity contribution in [3.8, 4) is 5.75 Å². The molecule has 6 heteroatoms. The second kappa shape index (κ2) is 6.38. The number of hydrogen-bond donors (Lipinski definition) is 2. The monoisotopic (exact) mass is 338 g/mol. The lowest BCUT2D eigenvalue weighted by Crippen LogP contribution is -2.20. The summed E-state index contributed by atoms with van der Waals surface area (Å²) in [5, 5.41) is 2.54. The van der Waals surface area contributed by atoms with Crippen LogP contribution in [-0.2, 0) is 4.79 Å². The van der Waals surface area contributed by atoms with Gasteiger partial charge in [0.2, 0.25) is 0 Å². The fourth-order valence-corrected chi connectivity index (χ4v) is 1.90. The van der Waals surface area contributed by atoms with Gasteiger partial charge in [-0.05, 0) is 46.3 Å². The Morgan fingerprint density at radius 2 is 2.10 bits per heavy atom. The lowest BCUT2D eigenvalue weighted by Gasteiger charge is -2.09. The highest BCUT2D eigenvalue weighted by atomic mass is 79.9. The Labute approximate surface area is 123 Å². The molecule has 1 amide bonds. The van der Waals surface area contributed by atoms with Crippen LogP contribution < -0.4 is 15.8 Å². The predicted octanol–water partition coefficient (Wildman–Crippen LogP) is 3.19. The third kappa shape index (κ3) is 3.96. The van der Waals surface area contributed by atoms with Crippen LogP contribution in [0.15, 0.2) is 46.9 Å². The van der Waals surface area contributed by atoms with Crippen LogP contribution in [0.5, 0.6) is 5.75 Å². The van der Waals surface area contributed by atoms with Crippen molar-refractivity contribution < 1.29 is 13.9 Å². The van der Waals surface area contributed by atoms with E-state index in [0.717, 1.165) is 0 Å². The minimum Gasteiger partial charge on any atom is -0.483 e. The van der Waals surface area contributed by atoms with E-state index in [1.165, 1.54) is 18.2 Å². The highest BCUT2D eigenvalue weighted by Gasteiger charge is 2.07. The van der Waals surface area contributed by atoms with Crippen molar-refractivity contribution in [2.24, 2.45) is 0 Å². The number of hydrogen-bond acceptors (Lipinski definition) is 3. The molecule has 0 aliphatic heterocycles. The standard InChI is InChI=1S/C14H12BrFN2O2/c15-12-5-4-10(17)7-13(12)20-8-14(19)18-11-3-1-2-9(16)6-11/h1-7H,8,17H2,(H,18,19). The smallest absolute Gasteiger partial charge is 0.262 e. The van der Waals surface area contributed by atoms with E-state index in [2.05, 4.69) is 21.2 Å². The molecule has 0 saturated carbocycles. The van der Waals surface area contributed by atoms with Gasteiger partial charge in [-0.1, -0.05) is 6.07 Å². The number of nitrogen functional groups attached to an aromatic ring is 1. The number of benzene rings is 2. The average molecular weight is 339 g/mol. The molecular weight excluding hydrogens is 327 g/mol. The van der Waals surface area contributed by atoms with Crippen LogP contribution >= 0.6 is 15.9 Å². The van der Waals surface area contributed by atoms with Gasteiger partial charge in [-0.25, -0.2) is 4.39 Å². The maximum atomic E-state index is 13.0. The van der Waals surface area contributed by atoms with E-state index in [-0.39, 0.29) is 12.5 Å². The Morgan fingerprint density at radius 1 is 1.30 bits per heavy atom. The predicted molar refractivity (Wildman–Crippen MR) is 79.1 cm³/mol. The molecule has 104 valence electrons. The fourth-order valence-electron chi connectivity index (χ4n) is 1.54. The van der Waals surface area contributed by atoms with E-state index in [1.807, 2.05) is 0 Å². The first-order chi connectivity index (χ1) is 9.54. The third-order valence-electron chi connectivity index (χ3n) is 2.42. The molecule has 0 radical (unpaired) electrons. The topological polar surface area (TPSA) is 64.3 Å². The summed E-state index contributed by atoms with van der Waals surface area (Å²) in [6.45, 7) is -0.196. The third-order valence-corrected chi connectivity index (χ3v) is 3.08. The summed E-state index contributed by atoms with van der Waals surface area (Å²) in [7, 11) is 0. The molecule has 3 N–H and O–H groups in total. The van der Waals surface area contributed by atoms with E-state index in [4.69, 9.17) is 10.5 Å². The molecule has 2 aromatic rings. The summed E-state index contributed by atoms with van der Waals surface area (Å²) in [5.41, 5.74) is 6.55. The van der Waals surface area contributed by atoms with E-state index in [0.29, 0.717) is 21.6 Å². The number of anilines is 2. The maximum absolute atomic E-state index is 13.0. The number of amides is 1. The quantitative estimate of drug-likeness (QED) is 0.841. The summed E-state index contributed by atoms with van der Waals surface area (Å²) in [6, 6.07) is 10.7. The molecule has 0 aromatic heterocycles. The molecule has 0 atom stereocenters. The van der Waals surface area contributed by atoms with Crippen molar-refractivity contribution >= 4 is 33.2 Å². The summed E-state index contributed by atoms with van der Waals surface area (Å²) in [4.78, 5) is 11.7. The normalized spacial score (nSPS) is 10.1. The Hall–Kier alpha value is -2.08. The summed E-state index contributed by atoms with van der Waals surface area (Å²) in [5.74, 6) is -0.327. The number of nitrogens with two attached hydrogens (primary N) is 1. The molecule has 0 aliphatic carbocycles. The van der Waals surface area contributed by atoms with Crippen LogP contribution in [0.3, 0.4) is 0 Å². The highest BCUT2D eigenvalue weighted by molar-refractivity contribution is 9.10. The molecule has 0 heterocycles. The van der Waals surface area contributed by atoms with Crippen LogP contribution in [-0.4, -0.2) is 12.5 Å². The zero-order chi connectivity index (χ0) is 14.5. The van der Waals surface area contributed by atoms with Crippen molar-refractivity contribution in [3.63, 3.8) is 0 Å². The molecule has 0 fully saturated rings. The van der Waals surface area contributed by atoms with Crippen LogP contribution in [0.1, 0.15) is 0 Å². The average Bonchev–Trinajstić information content (AvgIpc) is 2.40. The van der Waals surface area contributed by atoms with Crippen molar-refractivity contribution in [3.05, 3.63) is 52.8 Å². The molecule has 4 nitrogen and oxygen atoms in total. The van der Waals surface area contributed by atoms with E-state index < -0.39 is 5.82 Å². The zero-order valence-corrected chi connectivity index (χ0v) is 12.0. The first kappa shape index (κ1) is 14.3. The lowest BCUT2D eigenvalue weighted by atomic mass is 10.3. The van der Waals surface area contributed by atoms with Gasteiger partial charge in [-0.2, -0.15) is 0 Å². The Morgan fingerprint density at radius 3 is 2.85 bits per heavy atom. The minimum atomic E-state index is -0.415. The number of rotatable bonds is 4. The number of carbonyl (C=O) groups is 1. The molecule has 0 unspecified atom stereocenters. The SMILES string of the molecule is Nc1ccc(Br)c(OCC(=O)Nc2cccc(F)c2)c1. The molecule has 2 rings (SSSR count). The van der Waals surface area contributed by atoms with Crippen molar-refractivity contribution in [1.29, 1.82) is 0 Å². The van der Waals surface area contributed by atoms with Gasteiger partial charge < -0.3 is 15.8 Å². The van der Waals surface area contributed by atoms with Crippen LogP contribution in [0.4, 0.5) is 15.8 Å².